The molecule has 1 N–H and O–H groups in total. The summed E-state index contributed by atoms with van der Waals surface area (Å²) in [7, 11) is -4.15. The van der Waals surface area contributed by atoms with Crippen molar-refractivity contribution >= 4 is 27.3 Å². The van der Waals surface area contributed by atoms with Crippen LogP contribution in [0.2, 0.25) is 5.02 Å². The van der Waals surface area contributed by atoms with Gasteiger partial charge in [-0.3, -0.25) is 4.79 Å². The highest BCUT2D eigenvalue weighted by molar-refractivity contribution is 7.95. The lowest BCUT2D eigenvalue weighted by Crippen LogP contribution is -2.30. The number of hydrogen-bond acceptors (Lipinski definition) is 4. The van der Waals surface area contributed by atoms with Gasteiger partial charge in [0.25, 0.3) is 5.91 Å². The van der Waals surface area contributed by atoms with Crippen LogP contribution in [0.5, 0.6) is 0 Å². The summed E-state index contributed by atoms with van der Waals surface area (Å²) in [4.78, 5) is 14.2. The molecule has 1 aliphatic heterocycles. The Morgan fingerprint density at radius 3 is 2.06 bits per heavy atom. The van der Waals surface area contributed by atoms with Gasteiger partial charge in [0.1, 0.15) is 4.91 Å². The summed E-state index contributed by atoms with van der Waals surface area (Å²) in [6.45, 7) is 3.82. The SMILES string of the molecule is Cc1ccc([C@H]2C(S(=O)(=O)c3ccc(C)cc3)=C(O)C(=O)N2Cc2ccccc2Cl)cc1. The van der Waals surface area contributed by atoms with E-state index in [4.69, 9.17) is 11.6 Å². The van der Waals surface area contributed by atoms with Crippen molar-refractivity contribution in [2.24, 2.45) is 0 Å². The third-order valence-electron chi connectivity index (χ3n) is 5.57. The number of sulfone groups is 1. The highest BCUT2D eigenvalue weighted by atomic mass is 35.5. The van der Waals surface area contributed by atoms with Crippen LogP contribution < -0.4 is 0 Å². The predicted molar refractivity (Wildman–Crippen MR) is 124 cm³/mol. The lowest BCUT2D eigenvalue weighted by Gasteiger charge is -2.27. The molecule has 0 spiro atoms. The fourth-order valence-electron chi connectivity index (χ4n) is 3.80. The highest BCUT2D eigenvalue weighted by Gasteiger charge is 2.46. The molecule has 1 atom stereocenters. The van der Waals surface area contributed by atoms with Crippen molar-refractivity contribution in [1.29, 1.82) is 0 Å². The van der Waals surface area contributed by atoms with Crippen LogP contribution in [0.3, 0.4) is 0 Å². The fraction of sp³-hybridized carbons (Fsp3) is 0.160. The van der Waals surface area contributed by atoms with Gasteiger partial charge in [-0.2, -0.15) is 0 Å². The van der Waals surface area contributed by atoms with Gasteiger partial charge >= 0.3 is 0 Å². The van der Waals surface area contributed by atoms with Crippen molar-refractivity contribution in [2.45, 2.75) is 31.3 Å². The number of benzene rings is 3. The summed E-state index contributed by atoms with van der Waals surface area (Å²) in [5.74, 6) is -1.51. The van der Waals surface area contributed by atoms with E-state index in [2.05, 4.69) is 0 Å². The van der Waals surface area contributed by atoms with Crippen LogP contribution in [0.4, 0.5) is 0 Å². The average Bonchev–Trinajstić information content (AvgIpc) is 3.02. The smallest absolute Gasteiger partial charge is 0.290 e. The van der Waals surface area contributed by atoms with Crippen LogP contribution in [-0.2, 0) is 21.2 Å². The van der Waals surface area contributed by atoms with Crippen LogP contribution in [0.15, 0.2) is 88.4 Å². The van der Waals surface area contributed by atoms with Gasteiger partial charge in [-0.15, -0.1) is 0 Å². The molecule has 7 heteroatoms. The molecule has 0 saturated carbocycles. The topological polar surface area (TPSA) is 74.7 Å². The third kappa shape index (κ3) is 3.92. The van der Waals surface area contributed by atoms with Crippen LogP contribution >= 0.6 is 11.6 Å². The van der Waals surface area contributed by atoms with Crippen LogP contribution in [-0.4, -0.2) is 24.3 Å². The molecule has 0 unspecified atom stereocenters. The molecule has 1 amide bonds. The molecule has 164 valence electrons. The Hall–Kier alpha value is -3.09. The fourth-order valence-corrected chi connectivity index (χ4v) is 5.64. The zero-order valence-electron chi connectivity index (χ0n) is 17.6. The van der Waals surface area contributed by atoms with E-state index in [-0.39, 0.29) is 16.3 Å². The Labute approximate surface area is 192 Å². The number of nitrogens with zero attached hydrogens (tertiary/aromatic N) is 1. The number of aryl methyl sites for hydroxylation is 2. The Morgan fingerprint density at radius 2 is 1.47 bits per heavy atom. The summed E-state index contributed by atoms with van der Waals surface area (Å²) in [6, 6.07) is 19.6. The molecule has 3 aromatic rings. The summed E-state index contributed by atoms with van der Waals surface area (Å²) in [6.07, 6.45) is 0. The lowest BCUT2D eigenvalue weighted by molar-refractivity contribution is -0.130. The number of carbonyl (C=O) groups is 1. The monoisotopic (exact) mass is 467 g/mol. The van der Waals surface area contributed by atoms with E-state index in [9.17, 15) is 18.3 Å². The number of halogens is 1. The van der Waals surface area contributed by atoms with Crippen molar-refractivity contribution in [3.8, 4) is 0 Å². The highest BCUT2D eigenvalue weighted by Crippen LogP contribution is 2.43. The van der Waals surface area contributed by atoms with Crippen molar-refractivity contribution in [1.82, 2.24) is 4.90 Å². The molecule has 0 radical (unpaired) electrons. The minimum atomic E-state index is -4.15. The standard InChI is InChI=1S/C25H22ClNO4S/c1-16-7-11-18(12-8-16)22-24(32(30,31)20-13-9-17(2)10-14-20)23(28)25(29)27(22)15-19-5-3-4-6-21(19)26/h3-14,22,28H,15H2,1-2H3/t22-/m0/s1. The summed E-state index contributed by atoms with van der Waals surface area (Å²) in [5.41, 5.74) is 3.14. The van der Waals surface area contributed by atoms with Crippen LogP contribution in [0.1, 0.15) is 28.3 Å². The molecule has 0 saturated heterocycles. The molecular formula is C25H22ClNO4S. The second-order valence-electron chi connectivity index (χ2n) is 7.87. The normalized spacial score (nSPS) is 16.7. The largest absolute Gasteiger partial charge is 0.502 e. The first-order valence-electron chi connectivity index (χ1n) is 10.1. The number of amides is 1. The van der Waals surface area contributed by atoms with Gasteiger partial charge in [0.05, 0.1) is 10.9 Å². The van der Waals surface area contributed by atoms with E-state index < -0.39 is 27.5 Å². The Morgan fingerprint density at radius 1 is 0.906 bits per heavy atom. The maximum atomic E-state index is 13.6. The second-order valence-corrected chi connectivity index (χ2v) is 10.2. The first-order valence-corrected chi connectivity index (χ1v) is 11.9. The van der Waals surface area contributed by atoms with Crippen molar-refractivity contribution in [3.63, 3.8) is 0 Å². The summed E-state index contributed by atoms with van der Waals surface area (Å²) >= 11 is 6.31. The van der Waals surface area contributed by atoms with E-state index in [1.54, 1.807) is 48.5 Å². The van der Waals surface area contributed by atoms with Gasteiger partial charge in [-0.1, -0.05) is 77.3 Å². The van der Waals surface area contributed by atoms with Crippen molar-refractivity contribution < 1.29 is 18.3 Å². The first-order chi connectivity index (χ1) is 15.2. The minimum absolute atomic E-state index is 0.0224. The van der Waals surface area contributed by atoms with E-state index in [1.165, 1.54) is 17.0 Å². The van der Waals surface area contributed by atoms with Gasteiger partial charge in [0.2, 0.25) is 9.84 Å². The maximum Gasteiger partial charge on any atom is 0.290 e. The molecule has 3 aromatic carbocycles. The second kappa shape index (κ2) is 8.45. The Bertz CT molecular complexity index is 1310. The van der Waals surface area contributed by atoms with Gasteiger partial charge in [0, 0.05) is 11.6 Å². The Kier molecular flexibility index (Phi) is 5.84. The quantitative estimate of drug-likeness (QED) is 0.553. The van der Waals surface area contributed by atoms with Crippen molar-refractivity contribution in [2.75, 3.05) is 0 Å². The summed E-state index contributed by atoms with van der Waals surface area (Å²) < 4.78 is 27.2. The molecule has 0 fully saturated rings. The number of carbonyl (C=O) groups excluding carboxylic acids is 1. The van der Waals surface area contributed by atoms with Gasteiger partial charge in [0.15, 0.2) is 5.76 Å². The lowest BCUT2D eigenvalue weighted by atomic mass is 10.0. The van der Waals surface area contributed by atoms with Gasteiger partial charge in [-0.25, -0.2) is 8.42 Å². The molecular weight excluding hydrogens is 446 g/mol. The first kappa shape index (κ1) is 22.1. The minimum Gasteiger partial charge on any atom is -0.502 e. The molecule has 5 nitrogen and oxygen atoms in total. The van der Waals surface area contributed by atoms with E-state index in [1.807, 2.05) is 26.0 Å². The van der Waals surface area contributed by atoms with E-state index >= 15 is 0 Å². The zero-order valence-corrected chi connectivity index (χ0v) is 19.2. The molecule has 32 heavy (non-hydrogen) atoms. The third-order valence-corrected chi connectivity index (χ3v) is 7.83. The summed E-state index contributed by atoms with van der Waals surface area (Å²) in [5, 5.41) is 11.2. The number of aliphatic hydroxyl groups is 1. The molecule has 0 aromatic heterocycles. The Balaban J connectivity index is 1.87. The predicted octanol–water partition coefficient (Wildman–Crippen LogP) is 5.28. The van der Waals surface area contributed by atoms with Crippen molar-refractivity contribution in [3.05, 3.63) is 111 Å². The van der Waals surface area contributed by atoms with Gasteiger partial charge < -0.3 is 10.0 Å². The number of hydrogen-bond donors (Lipinski definition) is 1. The zero-order chi connectivity index (χ0) is 23.0. The van der Waals surface area contributed by atoms with E-state index in [0.717, 1.165) is 11.1 Å². The molecule has 1 aliphatic rings. The number of rotatable bonds is 5. The average molecular weight is 468 g/mol. The molecule has 1 heterocycles. The maximum absolute atomic E-state index is 13.6. The molecule has 4 rings (SSSR count). The number of aliphatic hydroxyl groups excluding tert-OH is 1. The van der Waals surface area contributed by atoms with E-state index in [0.29, 0.717) is 16.1 Å². The molecule has 0 aliphatic carbocycles. The molecule has 0 bridgehead atoms. The van der Waals surface area contributed by atoms with Crippen LogP contribution in [0.25, 0.3) is 0 Å². The van der Waals surface area contributed by atoms with Crippen LogP contribution in [0, 0.1) is 13.8 Å². The van der Waals surface area contributed by atoms with Gasteiger partial charge in [-0.05, 0) is 43.2 Å².